The van der Waals surface area contributed by atoms with Crippen molar-refractivity contribution in [3.05, 3.63) is 83.4 Å². The van der Waals surface area contributed by atoms with Gasteiger partial charge in [0.25, 0.3) is 0 Å². The molecule has 186 valence electrons. The van der Waals surface area contributed by atoms with Gasteiger partial charge in [0.05, 0.1) is 12.8 Å². The molecule has 0 atom stereocenters. The van der Waals surface area contributed by atoms with Crippen LogP contribution in [0.4, 0.5) is 11.4 Å². The minimum Gasteiger partial charge on any atom is -0.493 e. The summed E-state index contributed by atoms with van der Waals surface area (Å²) in [4.78, 5) is 35.5. The topological polar surface area (TPSA) is 118 Å². The van der Waals surface area contributed by atoms with Crippen molar-refractivity contribution < 1.29 is 23.9 Å². The number of rotatable bonds is 8. The Balaban J connectivity index is 1.59. The van der Waals surface area contributed by atoms with E-state index < -0.39 is 11.8 Å². The van der Waals surface area contributed by atoms with E-state index in [9.17, 15) is 14.4 Å². The monoisotopic (exact) mass is 488 g/mol. The zero-order valence-corrected chi connectivity index (χ0v) is 20.5. The largest absolute Gasteiger partial charge is 0.493 e. The number of hydrogen-bond acceptors (Lipinski definition) is 6. The Hall–Kier alpha value is -4.66. The molecule has 0 radical (unpaired) electrons. The van der Waals surface area contributed by atoms with Gasteiger partial charge in [0.1, 0.15) is 6.61 Å². The molecule has 3 rings (SSSR count). The maximum atomic E-state index is 12.2. The smallest absolute Gasteiger partial charge is 0.329 e. The minimum absolute atomic E-state index is 0.207. The summed E-state index contributed by atoms with van der Waals surface area (Å²) in [6, 6.07) is 19.6. The number of hydrazone groups is 1. The molecule has 3 N–H and O–H groups in total. The van der Waals surface area contributed by atoms with Crippen LogP contribution in [0.15, 0.2) is 71.8 Å². The van der Waals surface area contributed by atoms with E-state index in [1.807, 2.05) is 31.2 Å². The van der Waals surface area contributed by atoms with Crippen LogP contribution in [0.1, 0.15) is 30.5 Å². The number of aryl methyl sites for hydroxylation is 1. The Morgan fingerprint density at radius 1 is 0.833 bits per heavy atom. The average molecular weight is 489 g/mol. The van der Waals surface area contributed by atoms with Crippen molar-refractivity contribution in [2.45, 2.75) is 27.4 Å². The van der Waals surface area contributed by atoms with Crippen molar-refractivity contribution in [1.82, 2.24) is 5.43 Å². The van der Waals surface area contributed by atoms with Crippen LogP contribution in [0.3, 0.4) is 0 Å². The van der Waals surface area contributed by atoms with E-state index in [2.05, 4.69) is 21.2 Å². The molecular weight excluding hydrogens is 460 g/mol. The molecule has 9 nitrogen and oxygen atoms in total. The number of hydrogen-bond donors (Lipinski definition) is 3. The quantitative estimate of drug-likeness (QED) is 0.251. The molecule has 0 aromatic heterocycles. The highest BCUT2D eigenvalue weighted by molar-refractivity contribution is 6.39. The molecule has 3 amide bonds. The van der Waals surface area contributed by atoms with Crippen LogP contribution in [-0.2, 0) is 21.0 Å². The van der Waals surface area contributed by atoms with Gasteiger partial charge in [-0.2, -0.15) is 5.10 Å². The van der Waals surface area contributed by atoms with Crippen molar-refractivity contribution in [2.24, 2.45) is 5.10 Å². The Labute approximate surface area is 209 Å². The van der Waals surface area contributed by atoms with Crippen molar-refractivity contribution in [3.8, 4) is 11.5 Å². The first-order chi connectivity index (χ1) is 17.3. The zero-order chi connectivity index (χ0) is 26.1. The summed E-state index contributed by atoms with van der Waals surface area (Å²) in [7, 11) is 1.54. The highest BCUT2D eigenvalue weighted by atomic mass is 16.5. The molecule has 3 aromatic rings. The predicted octanol–water partition coefficient (Wildman–Crippen LogP) is 4.02. The SMILES string of the molecule is COc1cc(C(C)=NNC(=O)C(=O)Nc2ccc(NC(C)=O)cc2)ccc1OCc1ccccc1C. The fourth-order valence-electron chi connectivity index (χ4n) is 3.22. The molecular formula is C27H28N4O5. The van der Waals surface area contributed by atoms with Gasteiger partial charge in [-0.1, -0.05) is 24.3 Å². The highest BCUT2D eigenvalue weighted by Gasteiger charge is 2.14. The van der Waals surface area contributed by atoms with Gasteiger partial charge in [0.2, 0.25) is 5.91 Å². The minimum atomic E-state index is -0.926. The van der Waals surface area contributed by atoms with E-state index >= 15 is 0 Å². The number of nitrogens with zero attached hydrogens (tertiary/aromatic N) is 1. The summed E-state index contributed by atoms with van der Waals surface area (Å²) in [6.45, 7) is 5.52. The van der Waals surface area contributed by atoms with Crippen molar-refractivity contribution in [2.75, 3.05) is 17.7 Å². The fourth-order valence-corrected chi connectivity index (χ4v) is 3.22. The molecule has 0 heterocycles. The normalized spacial score (nSPS) is 10.8. The summed E-state index contributed by atoms with van der Waals surface area (Å²) >= 11 is 0. The second kappa shape index (κ2) is 12.2. The summed E-state index contributed by atoms with van der Waals surface area (Å²) in [5.41, 5.74) is 6.59. The van der Waals surface area contributed by atoms with Gasteiger partial charge in [0.15, 0.2) is 11.5 Å². The third kappa shape index (κ3) is 7.17. The van der Waals surface area contributed by atoms with E-state index in [-0.39, 0.29) is 5.91 Å². The lowest BCUT2D eigenvalue weighted by Crippen LogP contribution is -2.32. The van der Waals surface area contributed by atoms with Crippen LogP contribution in [0.2, 0.25) is 0 Å². The lowest BCUT2D eigenvalue weighted by atomic mass is 10.1. The van der Waals surface area contributed by atoms with Crippen LogP contribution in [0.25, 0.3) is 0 Å². The zero-order valence-electron chi connectivity index (χ0n) is 20.5. The standard InChI is InChI=1S/C27H28N4O5/c1-17-7-5-6-8-21(17)16-36-24-14-9-20(15-25(24)35-4)18(2)30-31-27(34)26(33)29-23-12-10-22(11-13-23)28-19(3)32/h5-15H,16H2,1-4H3,(H,28,32)(H,29,33)(H,31,34). The second-order valence-corrected chi connectivity index (χ2v) is 7.93. The Bertz CT molecular complexity index is 1290. The Morgan fingerprint density at radius 2 is 1.50 bits per heavy atom. The Kier molecular flexibility index (Phi) is 8.77. The molecule has 0 bridgehead atoms. The highest BCUT2D eigenvalue weighted by Crippen LogP contribution is 2.29. The third-order valence-corrected chi connectivity index (χ3v) is 5.22. The summed E-state index contributed by atoms with van der Waals surface area (Å²) in [6.07, 6.45) is 0. The molecule has 0 unspecified atom stereocenters. The van der Waals surface area contributed by atoms with Gasteiger partial charge in [0, 0.05) is 23.9 Å². The number of benzene rings is 3. The lowest BCUT2D eigenvalue weighted by Gasteiger charge is -2.13. The number of carbonyl (C=O) groups is 3. The van der Waals surface area contributed by atoms with E-state index in [1.54, 1.807) is 56.5 Å². The van der Waals surface area contributed by atoms with Crippen molar-refractivity contribution in [3.63, 3.8) is 0 Å². The fraction of sp³-hybridized carbons (Fsp3) is 0.185. The molecule has 0 aliphatic rings. The van der Waals surface area contributed by atoms with Gasteiger partial charge < -0.3 is 20.1 Å². The number of amides is 3. The van der Waals surface area contributed by atoms with Gasteiger partial charge in [-0.25, -0.2) is 5.43 Å². The van der Waals surface area contributed by atoms with Gasteiger partial charge in [-0.3, -0.25) is 14.4 Å². The molecule has 3 aromatic carbocycles. The number of methoxy groups -OCH3 is 1. The first-order valence-electron chi connectivity index (χ1n) is 11.2. The number of carbonyl (C=O) groups excluding carboxylic acids is 3. The first kappa shape index (κ1) is 26.0. The van der Waals surface area contributed by atoms with Crippen molar-refractivity contribution in [1.29, 1.82) is 0 Å². The van der Waals surface area contributed by atoms with Crippen molar-refractivity contribution >= 4 is 34.8 Å². The van der Waals surface area contributed by atoms with Gasteiger partial charge in [-0.15, -0.1) is 0 Å². The molecule has 0 aliphatic carbocycles. The first-order valence-corrected chi connectivity index (χ1v) is 11.2. The number of anilines is 2. The van der Waals surface area contributed by atoms with Crippen LogP contribution in [-0.4, -0.2) is 30.5 Å². The summed E-state index contributed by atoms with van der Waals surface area (Å²) in [5.74, 6) is -0.920. The Morgan fingerprint density at radius 3 is 2.14 bits per heavy atom. The van der Waals surface area contributed by atoms with E-state index in [4.69, 9.17) is 9.47 Å². The third-order valence-electron chi connectivity index (χ3n) is 5.22. The average Bonchev–Trinajstić information content (AvgIpc) is 2.87. The number of nitrogens with one attached hydrogen (secondary N) is 3. The van der Waals surface area contributed by atoms with E-state index in [1.165, 1.54) is 6.92 Å². The molecule has 9 heteroatoms. The molecule has 0 saturated carbocycles. The van der Waals surface area contributed by atoms with E-state index in [0.717, 1.165) is 11.1 Å². The molecule has 36 heavy (non-hydrogen) atoms. The molecule has 0 fully saturated rings. The predicted molar refractivity (Wildman–Crippen MR) is 138 cm³/mol. The lowest BCUT2D eigenvalue weighted by molar-refractivity contribution is -0.136. The summed E-state index contributed by atoms with van der Waals surface area (Å²) < 4.78 is 11.4. The molecule has 0 aliphatic heterocycles. The maximum absolute atomic E-state index is 12.2. The van der Waals surface area contributed by atoms with Crippen LogP contribution in [0, 0.1) is 6.92 Å². The van der Waals surface area contributed by atoms with Gasteiger partial charge >= 0.3 is 11.8 Å². The van der Waals surface area contributed by atoms with Gasteiger partial charge in [-0.05, 0) is 67.4 Å². The molecule has 0 spiro atoms. The number of ether oxygens (including phenoxy) is 2. The van der Waals surface area contributed by atoms with Crippen LogP contribution < -0.4 is 25.5 Å². The van der Waals surface area contributed by atoms with E-state index in [0.29, 0.717) is 40.8 Å². The van der Waals surface area contributed by atoms with Crippen LogP contribution >= 0.6 is 0 Å². The maximum Gasteiger partial charge on any atom is 0.329 e. The van der Waals surface area contributed by atoms with Crippen LogP contribution in [0.5, 0.6) is 11.5 Å². The second-order valence-electron chi connectivity index (χ2n) is 7.93. The molecule has 0 saturated heterocycles. The summed E-state index contributed by atoms with van der Waals surface area (Å²) in [5, 5.41) is 9.12.